The number of nitrogens with zero attached hydrogens (tertiary/aromatic N) is 1. The molecule has 1 heterocycles. The molecular formula is C14H17Cl2N3OS. The van der Waals surface area contributed by atoms with Crippen molar-refractivity contribution in [2.75, 3.05) is 13.2 Å². The van der Waals surface area contributed by atoms with Crippen molar-refractivity contribution < 1.29 is 4.74 Å². The molecule has 1 aromatic rings. The highest BCUT2D eigenvalue weighted by molar-refractivity contribution is 7.80. The third kappa shape index (κ3) is 5.11. The van der Waals surface area contributed by atoms with Gasteiger partial charge in [-0.2, -0.15) is 5.10 Å². The molecule has 0 bridgehead atoms. The van der Waals surface area contributed by atoms with E-state index in [1.165, 1.54) is 0 Å². The average molecular weight is 346 g/mol. The number of benzene rings is 1. The van der Waals surface area contributed by atoms with E-state index in [-0.39, 0.29) is 6.10 Å². The summed E-state index contributed by atoms with van der Waals surface area (Å²) in [5, 5.41) is 8.83. The normalized spacial score (nSPS) is 18.6. The van der Waals surface area contributed by atoms with Crippen LogP contribution in [0, 0.1) is 0 Å². The van der Waals surface area contributed by atoms with Gasteiger partial charge in [-0.25, -0.2) is 0 Å². The molecule has 2 rings (SSSR count). The number of halogens is 2. The maximum atomic E-state index is 5.98. The van der Waals surface area contributed by atoms with Crippen LogP contribution in [0.1, 0.15) is 25.3 Å². The van der Waals surface area contributed by atoms with Crippen LogP contribution in [0.25, 0.3) is 0 Å². The zero-order valence-electron chi connectivity index (χ0n) is 11.7. The van der Waals surface area contributed by atoms with Crippen molar-refractivity contribution in [3.8, 4) is 0 Å². The summed E-state index contributed by atoms with van der Waals surface area (Å²) in [5.41, 5.74) is 4.48. The lowest BCUT2D eigenvalue weighted by Crippen LogP contribution is -2.37. The van der Waals surface area contributed by atoms with Crippen LogP contribution in [0.3, 0.4) is 0 Å². The molecule has 1 fully saturated rings. The van der Waals surface area contributed by atoms with Crippen LogP contribution in [0.2, 0.25) is 10.0 Å². The Morgan fingerprint density at radius 1 is 1.43 bits per heavy atom. The van der Waals surface area contributed by atoms with Gasteiger partial charge in [0.2, 0.25) is 0 Å². The minimum atomic E-state index is 0.241. The summed E-state index contributed by atoms with van der Waals surface area (Å²) in [4.78, 5) is 0. The van der Waals surface area contributed by atoms with Gasteiger partial charge in [-0.1, -0.05) is 29.3 Å². The molecule has 0 aliphatic carbocycles. The molecule has 21 heavy (non-hydrogen) atoms. The fourth-order valence-corrected chi connectivity index (χ4v) is 2.40. The molecule has 0 spiro atoms. The number of hydrazone groups is 1. The molecule has 1 saturated heterocycles. The largest absolute Gasteiger partial charge is 0.376 e. The lowest BCUT2D eigenvalue weighted by Gasteiger charge is -2.12. The van der Waals surface area contributed by atoms with Gasteiger partial charge >= 0.3 is 0 Å². The number of rotatable bonds is 4. The summed E-state index contributed by atoms with van der Waals surface area (Å²) >= 11 is 17.0. The molecule has 1 aliphatic heterocycles. The molecule has 114 valence electrons. The zero-order valence-corrected chi connectivity index (χ0v) is 14.0. The highest BCUT2D eigenvalue weighted by atomic mass is 35.5. The minimum absolute atomic E-state index is 0.241. The smallest absolute Gasteiger partial charge is 0.187 e. The van der Waals surface area contributed by atoms with Crippen molar-refractivity contribution in [1.82, 2.24) is 10.7 Å². The number of hydrogen-bond acceptors (Lipinski definition) is 3. The van der Waals surface area contributed by atoms with Crippen molar-refractivity contribution >= 4 is 46.2 Å². The van der Waals surface area contributed by atoms with Crippen LogP contribution >= 0.6 is 35.4 Å². The summed E-state index contributed by atoms with van der Waals surface area (Å²) in [7, 11) is 0. The Bertz CT molecular complexity index is 545. The summed E-state index contributed by atoms with van der Waals surface area (Å²) in [6, 6.07) is 5.37. The van der Waals surface area contributed by atoms with Crippen molar-refractivity contribution in [3.05, 3.63) is 33.8 Å². The second-order valence-corrected chi connectivity index (χ2v) is 6.01. The second-order valence-electron chi connectivity index (χ2n) is 4.78. The highest BCUT2D eigenvalue weighted by Crippen LogP contribution is 2.22. The van der Waals surface area contributed by atoms with E-state index < -0.39 is 0 Å². The topological polar surface area (TPSA) is 45.7 Å². The minimum Gasteiger partial charge on any atom is -0.376 e. The molecule has 1 aliphatic rings. The van der Waals surface area contributed by atoms with Crippen LogP contribution in [-0.2, 0) is 4.74 Å². The number of thiocarbonyl (C=S) groups is 1. The van der Waals surface area contributed by atoms with E-state index in [1.54, 1.807) is 12.1 Å². The first-order valence-corrected chi connectivity index (χ1v) is 7.88. The van der Waals surface area contributed by atoms with E-state index in [1.807, 2.05) is 13.0 Å². The Morgan fingerprint density at radius 2 is 2.24 bits per heavy atom. The van der Waals surface area contributed by atoms with Crippen molar-refractivity contribution in [2.24, 2.45) is 5.10 Å². The molecule has 4 nitrogen and oxygen atoms in total. The van der Waals surface area contributed by atoms with Crippen LogP contribution in [0.15, 0.2) is 23.3 Å². The Morgan fingerprint density at radius 3 is 2.90 bits per heavy atom. The van der Waals surface area contributed by atoms with E-state index in [0.29, 0.717) is 21.7 Å². The standard InChI is InChI=1S/C14H17Cl2N3OS/c1-9(10-4-5-12(15)13(16)7-10)18-19-14(21)17-8-11-3-2-6-20-11/h4-5,7,11H,2-3,6,8H2,1H3,(H2,17,19,21)/b18-9+. The van der Waals surface area contributed by atoms with Gasteiger partial charge in [0.25, 0.3) is 0 Å². The summed E-state index contributed by atoms with van der Waals surface area (Å²) < 4.78 is 5.51. The number of nitrogens with one attached hydrogen (secondary N) is 2. The third-order valence-electron chi connectivity index (χ3n) is 3.18. The average Bonchev–Trinajstić information content (AvgIpc) is 2.98. The van der Waals surface area contributed by atoms with Gasteiger partial charge in [-0.3, -0.25) is 5.43 Å². The van der Waals surface area contributed by atoms with Gasteiger partial charge in [0.15, 0.2) is 5.11 Å². The quantitative estimate of drug-likeness (QED) is 0.499. The van der Waals surface area contributed by atoms with Crippen molar-refractivity contribution in [1.29, 1.82) is 0 Å². The highest BCUT2D eigenvalue weighted by Gasteiger charge is 2.15. The molecule has 7 heteroatoms. The number of ether oxygens (including phenoxy) is 1. The number of hydrogen-bond donors (Lipinski definition) is 2. The molecular weight excluding hydrogens is 329 g/mol. The predicted molar refractivity (Wildman–Crippen MR) is 91.4 cm³/mol. The fourth-order valence-electron chi connectivity index (χ4n) is 1.97. The predicted octanol–water partition coefficient (Wildman–Crippen LogP) is 3.36. The first-order valence-electron chi connectivity index (χ1n) is 6.71. The fraction of sp³-hybridized carbons (Fsp3) is 0.429. The Kier molecular flexibility index (Phi) is 6.23. The SMILES string of the molecule is C/C(=N\NC(=S)NCC1CCCO1)c1ccc(Cl)c(Cl)c1. The van der Waals surface area contributed by atoms with Crippen LogP contribution in [-0.4, -0.2) is 30.1 Å². The van der Waals surface area contributed by atoms with Crippen LogP contribution in [0.5, 0.6) is 0 Å². The second kappa shape index (κ2) is 7.94. The van der Waals surface area contributed by atoms with Crippen LogP contribution < -0.4 is 10.7 Å². The van der Waals surface area contributed by atoms with Crippen molar-refractivity contribution in [3.63, 3.8) is 0 Å². The maximum absolute atomic E-state index is 5.98. The lowest BCUT2D eigenvalue weighted by molar-refractivity contribution is 0.114. The summed E-state index contributed by atoms with van der Waals surface area (Å²) in [6.45, 7) is 3.41. The van der Waals surface area contributed by atoms with E-state index in [4.69, 9.17) is 40.2 Å². The Balaban J connectivity index is 1.84. The first-order chi connectivity index (χ1) is 10.1. The van der Waals surface area contributed by atoms with Gasteiger partial charge < -0.3 is 10.1 Å². The molecule has 1 unspecified atom stereocenters. The van der Waals surface area contributed by atoms with E-state index >= 15 is 0 Å². The molecule has 0 saturated carbocycles. The molecule has 0 amide bonds. The Labute approximate surface area is 139 Å². The molecule has 2 N–H and O–H groups in total. The first kappa shape index (κ1) is 16.5. The van der Waals surface area contributed by atoms with Gasteiger partial charge in [0, 0.05) is 13.2 Å². The molecule has 1 aromatic carbocycles. The van der Waals surface area contributed by atoms with Gasteiger partial charge in [0.05, 0.1) is 21.9 Å². The van der Waals surface area contributed by atoms with E-state index in [0.717, 1.165) is 30.7 Å². The Hall–Kier alpha value is -0.880. The lowest BCUT2D eigenvalue weighted by atomic mass is 10.1. The third-order valence-corrected chi connectivity index (χ3v) is 4.15. The summed E-state index contributed by atoms with van der Waals surface area (Å²) in [5.74, 6) is 0. The maximum Gasteiger partial charge on any atom is 0.187 e. The van der Waals surface area contributed by atoms with Gasteiger partial charge in [-0.05, 0) is 49.7 Å². The molecule has 1 atom stereocenters. The van der Waals surface area contributed by atoms with Crippen molar-refractivity contribution in [2.45, 2.75) is 25.9 Å². The monoisotopic (exact) mass is 345 g/mol. The van der Waals surface area contributed by atoms with E-state index in [2.05, 4.69) is 15.8 Å². The zero-order chi connectivity index (χ0) is 15.2. The van der Waals surface area contributed by atoms with Gasteiger partial charge in [0.1, 0.15) is 0 Å². The molecule has 0 radical (unpaired) electrons. The molecule has 0 aromatic heterocycles. The van der Waals surface area contributed by atoms with Gasteiger partial charge in [-0.15, -0.1) is 0 Å². The van der Waals surface area contributed by atoms with E-state index in [9.17, 15) is 0 Å². The summed E-state index contributed by atoms with van der Waals surface area (Å²) in [6.07, 6.45) is 2.42. The van der Waals surface area contributed by atoms with Crippen LogP contribution in [0.4, 0.5) is 0 Å².